The Morgan fingerprint density at radius 1 is 1.25 bits per heavy atom. The minimum Gasteiger partial charge on any atom is -0.380 e. The van der Waals surface area contributed by atoms with Crippen molar-refractivity contribution in [3.63, 3.8) is 0 Å². The number of rotatable bonds is 2. The average Bonchev–Trinajstić information content (AvgIpc) is 2.44. The van der Waals surface area contributed by atoms with Crippen LogP contribution < -0.4 is 5.32 Å². The Morgan fingerprint density at radius 2 is 2.10 bits per heavy atom. The average molecular weight is 334 g/mol. The largest absolute Gasteiger partial charge is 0.380 e. The molecule has 1 aliphatic carbocycles. The van der Waals surface area contributed by atoms with Crippen LogP contribution in [0.15, 0.2) is 29.0 Å². The molecule has 2 aromatic heterocycles. The molecular formula is C16H20BrN3. The number of fused-ring (bicyclic) bond motifs is 1. The van der Waals surface area contributed by atoms with Crippen LogP contribution >= 0.6 is 15.9 Å². The third kappa shape index (κ3) is 2.66. The van der Waals surface area contributed by atoms with Crippen molar-refractivity contribution in [1.29, 1.82) is 0 Å². The predicted molar refractivity (Wildman–Crippen MR) is 86.8 cm³/mol. The van der Waals surface area contributed by atoms with E-state index in [-0.39, 0.29) is 0 Å². The van der Waals surface area contributed by atoms with Gasteiger partial charge in [0.15, 0.2) is 0 Å². The summed E-state index contributed by atoms with van der Waals surface area (Å²) in [6.07, 6.45) is 7.59. The quantitative estimate of drug-likeness (QED) is 0.870. The number of hydrogen-bond donors (Lipinski definition) is 1. The smallest absolute Gasteiger partial charge is 0.112 e. The molecule has 3 atom stereocenters. The maximum Gasteiger partial charge on any atom is 0.112 e. The molecule has 0 saturated heterocycles. The molecule has 0 radical (unpaired) electrons. The first kappa shape index (κ1) is 13.8. The highest BCUT2D eigenvalue weighted by atomic mass is 79.9. The fourth-order valence-corrected chi connectivity index (χ4v) is 3.43. The SMILES string of the molecule is CC1CCCC(Nc2ccnc3cc(Br)cnc23)C1C. The molecule has 3 nitrogen and oxygen atoms in total. The summed E-state index contributed by atoms with van der Waals surface area (Å²) in [4.78, 5) is 8.92. The van der Waals surface area contributed by atoms with E-state index in [4.69, 9.17) is 0 Å². The van der Waals surface area contributed by atoms with E-state index in [1.807, 2.05) is 24.5 Å². The first-order valence-corrected chi connectivity index (χ1v) is 8.11. The molecule has 0 aliphatic heterocycles. The molecule has 3 unspecified atom stereocenters. The molecular weight excluding hydrogens is 314 g/mol. The van der Waals surface area contributed by atoms with Crippen molar-refractivity contribution in [2.45, 2.75) is 39.2 Å². The zero-order valence-corrected chi connectivity index (χ0v) is 13.5. The third-order valence-corrected chi connectivity index (χ3v) is 5.03. The van der Waals surface area contributed by atoms with Crippen molar-refractivity contribution in [2.75, 3.05) is 5.32 Å². The maximum absolute atomic E-state index is 4.52. The van der Waals surface area contributed by atoms with E-state index in [1.165, 1.54) is 19.3 Å². The topological polar surface area (TPSA) is 37.8 Å². The summed E-state index contributed by atoms with van der Waals surface area (Å²) in [7, 11) is 0. The molecule has 4 heteroatoms. The Bertz CT molecular complexity index is 614. The summed E-state index contributed by atoms with van der Waals surface area (Å²) < 4.78 is 0.967. The van der Waals surface area contributed by atoms with Gasteiger partial charge in [-0.25, -0.2) is 0 Å². The van der Waals surface area contributed by atoms with Crippen LogP contribution in [0.5, 0.6) is 0 Å². The van der Waals surface area contributed by atoms with E-state index in [2.05, 4.69) is 45.1 Å². The zero-order chi connectivity index (χ0) is 14.1. The van der Waals surface area contributed by atoms with E-state index in [1.54, 1.807) is 0 Å². The molecule has 2 aromatic rings. The minimum atomic E-state index is 0.537. The van der Waals surface area contributed by atoms with Gasteiger partial charge in [-0.15, -0.1) is 0 Å². The maximum atomic E-state index is 4.52. The summed E-state index contributed by atoms with van der Waals surface area (Å²) in [5.74, 6) is 1.49. The van der Waals surface area contributed by atoms with Gasteiger partial charge in [-0.1, -0.05) is 26.7 Å². The lowest BCUT2D eigenvalue weighted by molar-refractivity contribution is 0.253. The number of aromatic nitrogens is 2. The van der Waals surface area contributed by atoms with Gasteiger partial charge in [0, 0.05) is 22.9 Å². The normalized spacial score (nSPS) is 26.6. The molecule has 1 saturated carbocycles. The standard InChI is InChI=1S/C16H20BrN3/c1-10-4-3-5-13(11(10)2)20-14-6-7-18-15-8-12(17)9-19-16(14)15/h6-11,13H,3-5H2,1-2H3,(H,18,20). The Balaban J connectivity index is 1.91. The molecule has 1 aliphatic rings. The molecule has 106 valence electrons. The molecule has 1 N–H and O–H groups in total. The molecule has 20 heavy (non-hydrogen) atoms. The lowest BCUT2D eigenvalue weighted by Crippen LogP contribution is -2.35. The van der Waals surface area contributed by atoms with Gasteiger partial charge in [0.25, 0.3) is 0 Å². The van der Waals surface area contributed by atoms with E-state index >= 15 is 0 Å². The van der Waals surface area contributed by atoms with Gasteiger partial charge in [0.05, 0.1) is 11.2 Å². The van der Waals surface area contributed by atoms with Gasteiger partial charge < -0.3 is 5.32 Å². The van der Waals surface area contributed by atoms with Gasteiger partial charge in [0.2, 0.25) is 0 Å². The van der Waals surface area contributed by atoms with E-state index in [0.29, 0.717) is 12.0 Å². The van der Waals surface area contributed by atoms with Gasteiger partial charge in [-0.2, -0.15) is 0 Å². The highest BCUT2D eigenvalue weighted by Gasteiger charge is 2.27. The fraction of sp³-hybridized carbons (Fsp3) is 0.500. The Labute approximate surface area is 128 Å². The summed E-state index contributed by atoms with van der Waals surface area (Å²) in [6, 6.07) is 4.59. The molecule has 2 heterocycles. The van der Waals surface area contributed by atoms with Crippen LogP contribution in [0.3, 0.4) is 0 Å². The van der Waals surface area contributed by atoms with Crippen molar-refractivity contribution in [1.82, 2.24) is 9.97 Å². The van der Waals surface area contributed by atoms with E-state index in [9.17, 15) is 0 Å². The fourth-order valence-electron chi connectivity index (χ4n) is 3.11. The highest BCUT2D eigenvalue weighted by molar-refractivity contribution is 9.10. The second-order valence-electron chi connectivity index (χ2n) is 5.90. The van der Waals surface area contributed by atoms with Crippen LogP contribution in [0.2, 0.25) is 0 Å². The Hall–Kier alpha value is -1.16. The van der Waals surface area contributed by atoms with Crippen LogP contribution in [0.25, 0.3) is 11.0 Å². The summed E-state index contributed by atoms with van der Waals surface area (Å²) in [5, 5.41) is 3.71. The lowest BCUT2D eigenvalue weighted by Gasteiger charge is -2.35. The van der Waals surface area contributed by atoms with E-state index in [0.717, 1.165) is 27.1 Å². The molecule has 3 rings (SSSR count). The van der Waals surface area contributed by atoms with Gasteiger partial charge in [-0.3, -0.25) is 9.97 Å². The molecule has 0 spiro atoms. The van der Waals surface area contributed by atoms with Crippen LogP contribution in [0.1, 0.15) is 33.1 Å². The number of pyridine rings is 2. The molecule has 0 bridgehead atoms. The van der Waals surface area contributed by atoms with E-state index < -0.39 is 0 Å². The Kier molecular flexibility index (Phi) is 3.92. The van der Waals surface area contributed by atoms with Gasteiger partial charge in [-0.05, 0) is 46.3 Å². The number of nitrogens with zero attached hydrogens (tertiary/aromatic N) is 2. The van der Waals surface area contributed by atoms with Crippen LogP contribution in [-0.4, -0.2) is 16.0 Å². The van der Waals surface area contributed by atoms with Crippen molar-refractivity contribution >= 4 is 32.7 Å². The lowest BCUT2D eigenvalue weighted by atomic mass is 9.78. The predicted octanol–water partition coefficient (Wildman–Crippen LogP) is 4.63. The summed E-state index contributed by atoms with van der Waals surface area (Å²) >= 11 is 3.45. The van der Waals surface area contributed by atoms with Gasteiger partial charge >= 0.3 is 0 Å². The molecule has 0 amide bonds. The van der Waals surface area contributed by atoms with Crippen LogP contribution in [0, 0.1) is 11.8 Å². The first-order valence-electron chi connectivity index (χ1n) is 7.32. The number of hydrogen-bond acceptors (Lipinski definition) is 3. The number of halogens is 1. The number of nitrogens with one attached hydrogen (secondary N) is 1. The van der Waals surface area contributed by atoms with Crippen molar-refractivity contribution in [3.8, 4) is 0 Å². The molecule has 1 fully saturated rings. The van der Waals surface area contributed by atoms with Crippen molar-refractivity contribution in [3.05, 3.63) is 29.0 Å². The Morgan fingerprint density at radius 3 is 2.95 bits per heavy atom. The number of anilines is 1. The van der Waals surface area contributed by atoms with Crippen LogP contribution in [0.4, 0.5) is 5.69 Å². The zero-order valence-electron chi connectivity index (χ0n) is 11.9. The van der Waals surface area contributed by atoms with Crippen LogP contribution in [-0.2, 0) is 0 Å². The summed E-state index contributed by atoms with van der Waals surface area (Å²) in [5.41, 5.74) is 3.00. The van der Waals surface area contributed by atoms with Crippen molar-refractivity contribution < 1.29 is 0 Å². The monoisotopic (exact) mass is 333 g/mol. The van der Waals surface area contributed by atoms with Crippen molar-refractivity contribution in [2.24, 2.45) is 11.8 Å². The minimum absolute atomic E-state index is 0.537. The van der Waals surface area contributed by atoms with Gasteiger partial charge in [0.1, 0.15) is 5.52 Å². The first-order chi connectivity index (χ1) is 9.65. The third-order valence-electron chi connectivity index (χ3n) is 4.59. The second-order valence-corrected chi connectivity index (χ2v) is 6.81. The molecule has 0 aromatic carbocycles. The second kappa shape index (κ2) is 5.68. The summed E-state index contributed by atoms with van der Waals surface area (Å²) in [6.45, 7) is 4.72. The highest BCUT2D eigenvalue weighted by Crippen LogP contribution is 2.32.